The Morgan fingerprint density at radius 1 is 0.581 bits per heavy atom. The summed E-state index contributed by atoms with van der Waals surface area (Å²) < 4.78 is 0. The molecule has 6 N–H and O–H groups in total. The van der Waals surface area contributed by atoms with Crippen molar-refractivity contribution in [2.45, 2.75) is 45.2 Å². The van der Waals surface area contributed by atoms with Gasteiger partial charge >= 0.3 is 0 Å². The minimum atomic E-state index is -0.801. The summed E-state index contributed by atoms with van der Waals surface area (Å²) >= 11 is 0. The predicted octanol–water partition coefficient (Wildman–Crippen LogP) is 2.81. The second-order valence-electron chi connectivity index (χ2n) is 7.54. The SMILES string of the molecule is CCC(c1ccccc1)(c1cc(CO)c(O)c(CO)c1)c1cc(CO)c(O)c(CO)c1. The lowest BCUT2D eigenvalue weighted by Gasteiger charge is -2.36. The topological polar surface area (TPSA) is 121 Å². The molecule has 0 unspecified atom stereocenters. The Kier molecular flexibility index (Phi) is 6.97. The van der Waals surface area contributed by atoms with E-state index in [-0.39, 0.29) is 11.5 Å². The zero-order valence-electron chi connectivity index (χ0n) is 17.4. The van der Waals surface area contributed by atoms with Crippen LogP contribution in [0, 0.1) is 0 Å². The second kappa shape index (κ2) is 9.49. The summed E-state index contributed by atoms with van der Waals surface area (Å²) in [5.41, 5.74) is 2.73. The van der Waals surface area contributed by atoms with Crippen molar-refractivity contribution in [2.75, 3.05) is 0 Å². The summed E-state index contributed by atoms with van der Waals surface area (Å²) in [6.07, 6.45) is 0.554. The van der Waals surface area contributed by atoms with E-state index < -0.39 is 31.8 Å². The third-order valence-corrected chi connectivity index (χ3v) is 6.00. The summed E-state index contributed by atoms with van der Waals surface area (Å²) in [4.78, 5) is 0. The van der Waals surface area contributed by atoms with Gasteiger partial charge in [-0.3, -0.25) is 0 Å². The van der Waals surface area contributed by atoms with Gasteiger partial charge in [0.2, 0.25) is 0 Å². The van der Waals surface area contributed by atoms with Gasteiger partial charge in [-0.15, -0.1) is 0 Å². The van der Waals surface area contributed by atoms with Gasteiger partial charge in [0.1, 0.15) is 11.5 Å². The van der Waals surface area contributed by atoms with Crippen LogP contribution in [0.3, 0.4) is 0 Å². The van der Waals surface area contributed by atoms with E-state index in [0.29, 0.717) is 28.7 Å². The molecule has 0 radical (unpaired) electrons. The fourth-order valence-electron chi connectivity index (χ4n) is 4.33. The zero-order chi connectivity index (χ0) is 22.6. The summed E-state index contributed by atoms with van der Waals surface area (Å²) in [7, 11) is 0. The van der Waals surface area contributed by atoms with E-state index in [1.807, 2.05) is 37.3 Å². The number of aromatic hydroxyl groups is 2. The largest absolute Gasteiger partial charge is 0.507 e. The lowest BCUT2D eigenvalue weighted by Crippen LogP contribution is -2.29. The molecule has 0 amide bonds. The molecule has 0 aliphatic heterocycles. The Hall–Kier alpha value is -2.90. The van der Waals surface area contributed by atoms with Crippen LogP contribution >= 0.6 is 0 Å². The molecule has 0 bridgehead atoms. The monoisotopic (exact) mass is 424 g/mol. The number of phenols is 2. The third kappa shape index (κ3) is 3.91. The number of hydrogen-bond acceptors (Lipinski definition) is 6. The zero-order valence-corrected chi connectivity index (χ0v) is 17.4. The lowest BCUT2D eigenvalue weighted by molar-refractivity contribution is 0.263. The second-order valence-corrected chi connectivity index (χ2v) is 7.54. The number of hydrogen-bond donors (Lipinski definition) is 6. The van der Waals surface area contributed by atoms with Gasteiger partial charge in [-0.1, -0.05) is 37.3 Å². The number of rotatable bonds is 8. The smallest absolute Gasteiger partial charge is 0.126 e. The van der Waals surface area contributed by atoms with E-state index in [1.54, 1.807) is 24.3 Å². The van der Waals surface area contributed by atoms with Gasteiger partial charge in [0.15, 0.2) is 0 Å². The first kappa shape index (κ1) is 22.8. The standard InChI is InChI=1S/C25H28O6/c1-2-25(20-6-4-3-5-7-20,21-8-16(12-26)23(30)17(9-21)13-27)22-10-18(14-28)24(31)19(11-22)15-29/h3-11,26-31H,2,12-15H2,1H3. The molecular formula is C25H28O6. The maximum atomic E-state index is 10.4. The fourth-order valence-corrected chi connectivity index (χ4v) is 4.33. The van der Waals surface area contributed by atoms with Crippen LogP contribution in [0.15, 0.2) is 54.6 Å². The molecule has 0 aliphatic rings. The molecule has 3 rings (SSSR count). The normalized spacial score (nSPS) is 11.6. The molecule has 164 valence electrons. The molecule has 6 heteroatoms. The molecule has 31 heavy (non-hydrogen) atoms. The van der Waals surface area contributed by atoms with Gasteiger partial charge < -0.3 is 30.6 Å². The average molecular weight is 424 g/mol. The lowest BCUT2D eigenvalue weighted by atomic mass is 9.66. The van der Waals surface area contributed by atoms with Crippen molar-refractivity contribution in [3.8, 4) is 11.5 Å². The van der Waals surface area contributed by atoms with Crippen molar-refractivity contribution in [1.29, 1.82) is 0 Å². The minimum Gasteiger partial charge on any atom is -0.507 e. The molecule has 3 aromatic carbocycles. The first-order valence-corrected chi connectivity index (χ1v) is 10.2. The van der Waals surface area contributed by atoms with Gasteiger partial charge in [-0.05, 0) is 47.4 Å². The quantitative estimate of drug-likeness (QED) is 0.309. The molecule has 0 heterocycles. The molecule has 0 saturated heterocycles. The molecule has 0 aromatic heterocycles. The average Bonchev–Trinajstić information content (AvgIpc) is 2.81. The number of aliphatic hydroxyl groups is 4. The Balaban J connectivity index is 2.44. The van der Waals surface area contributed by atoms with Gasteiger partial charge in [0.25, 0.3) is 0 Å². The number of benzene rings is 3. The van der Waals surface area contributed by atoms with Crippen molar-refractivity contribution in [2.24, 2.45) is 0 Å². The highest BCUT2D eigenvalue weighted by molar-refractivity contribution is 5.57. The van der Waals surface area contributed by atoms with Crippen molar-refractivity contribution in [3.05, 3.63) is 93.5 Å². The number of aliphatic hydroxyl groups excluding tert-OH is 4. The fraction of sp³-hybridized carbons (Fsp3) is 0.280. The minimum absolute atomic E-state index is 0.149. The Morgan fingerprint density at radius 3 is 1.23 bits per heavy atom. The van der Waals surface area contributed by atoms with Crippen LogP contribution in [-0.2, 0) is 31.8 Å². The Morgan fingerprint density at radius 2 is 0.935 bits per heavy atom. The van der Waals surface area contributed by atoms with E-state index in [9.17, 15) is 30.6 Å². The summed E-state index contributed by atoms with van der Waals surface area (Å²) in [5, 5.41) is 60.0. The highest BCUT2D eigenvalue weighted by Crippen LogP contribution is 2.45. The highest BCUT2D eigenvalue weighted by Gasteiger charge is 2.36. The molecule has 0 saturated carbocycles. The van der Waals surface area contributed by atoms with Gasteiger partial charge in [-0.25, -0.2) is 0 Å². The van der Waals surface area contributed by atoms with E-state index in [1.165, 1.54) is 0 Å². The maximum Gasteiger partial charge on any atom is 0.126 e. The molecule has 0 spiro atoms. The van der Waals surface area contributed by atoms with E-state index in [4.69, 9.17) is 0 Å². The van der Waals surface area contributed by atoms with Gasteiger partial charge in [0, 0.05) is 27.7 Å². The van der Waals surface area contributed by atoms with Crippen LogP contribution in [-0.4, -0.2) is 30.6 Å². The van der Waals surface area contributed by atoms with Crippen LogP contribution in [0.5, 0.6) is 11.5 Å². The third-order valence-electron chi connectivity index (χ3n) is 6.00. The maximum absolute atomic E-state index is 10.4. The van der Waals surface area contributed by atoms with Gasteiger partial charge in [0.05, 0.1) is 26.4 Å². The van der Waals surface area contributed by atoms with Gasteiger partial charge in [-0.2, -0.15) is 0 Å². The van der Waals surface area contributed by atoms with Crippen molar-refractivity contribution < 1.29 is 30.6 Å². The van der Waals surface area contributed by atoms with Crippen molar-refractivity contribution >= 4 is 0 Å². The van der Waals surface area contributed by atoms with Crippen LogP contribution in [0.25, 0.3) is 0 Å². The van der Waals surface area contributed by atoms with E-state index in [2.05, 4.69) is 0 Å². The Bertz CT molecular complexity index is 934. The first-order valence-electron chi connectivity index (χ1n) is 10.2. The first-order chi connectivity index (χ1) is 15.0. The van der Waals surface area contributed by atoms with Crippen LogP contribution < -0.4 is 0 Å². The molecule has 0 fully saturated rings. The summed E-state index contributed by atoms with van der Waals surface area (Å²) in [5.74, 6) is -0.297. The van der Waals surface area contributed by atoms with Crippen LogP contribution in [0.1, 0.15) is 52.3 Å². The van der Waals surface area contributed by atoms with E-state index in [0.717, 1.165) is 16.7 Å². The molecule has 6 nitrogen and oxygen atoms in total. The summed E-state index contributed by atoms with van der Waals surface area (Å²) in [6, 6.07) is 16.4. The molecule has 0 atom stereocenters. The van der Waals surface area contributed by atoms with Crippen LogP contribution in [0.2, 0.25) is 0 Å². The van der Waals surface area contributed by atoms with E-state index >= 15 is 0 Å². The molecular weight excluding hydrogens is 396 g/mol. The van der Waals surface area contributed by atoms with Crippen molar-refractivity contribution in [3.63, 3.8) is 0 Å². The summed E-state index contributed by atoms with van der Waals surface area (Å²) in [6.45, 7) is 0.379. The molecule has 3 aromatic rings. The predicted molar refractivity (Wildman–Crippen MR) is 117 cm³/mol. The Labute approximate surface area is 181 Å². The highest BCUT2D eigenvalue weighted by atomic mass is 16.3. The van der Waals surface area contributed by atoms with Crippen LogP contribution in [0.4, 0.5) is 0 Å². The molecule has 0 aliphatic carbocycles. The van der Waals surface area contributed by atoms with Crippen molar-refractivity contribution in [1.82, 2.24) is 0 Å².